The van der Waals surface area contributed by atoms with Crippen molar-refractivity contribution in [2.24, 2.45) is 5.92 Å². The summed E-state index contributed by atoms with van der Waals surface area (Å²) in [6, 6.07) is 11.9. The second-order valence-electron chi connectivity index (χ2n) is 9.57. The smallest absolute Gasteiger partial charge is 0.295 e. The lowest BCUT2D eigenvalue weighted by atomic mass is 9.93. The van der Waals surface area contributed by atoms with Crippen molar-refractivity contribution in [2.75, 3.05) is 40.9 Å². The number of aliphatic hydroxyl groups is 1. The second-order valence-corrected chi connectivity index (χ2v) is 9.57. The number of hydrogen-bond donors (Lipinski definition) is 1. The van der Waals surface area contributed by atoms with Crippen LogP contribution in [0, 0.1) is 12.8 Å². The van der Waals surface area contributed by atoms with Gasteiger partial charge in [0.15, 0.2) is 0 Å². The third kappa shape index (κ3) is 5.85. The molecule has 0 spiro atoms. The summed E-state index contributed by atoms with van der Waals surface area (Å²) < 4.78 is 11.4. The molecule has 0 aromatic heterocycles. The first-order valence-corrected chi connectivity index (χ1v) is 12.0. The van der Waals surface area contributed by atoms with Gasteiger partial charge in [-0.25, -0.2) is 0 Å². The van der Waals surface area contributed by atoms with Crippen molar-refractivity contribution in [1.29, 1.82) is 0 Å². The van der Waals surface area contributed by atoms with Gasteiger partial charge in [-0.05, 0) is 69.7 Å². The van der Waals surface area contributed by atoms with Crippen molar-refractivity contribution < 1.29 is 24.2 Å². The fourth-order valence-electron chi connectivity index (χ4n) is 4.28. The van der Waals surface area contributed by atoms with Gasteiger partial charge in [-0.15, -0.1) is 0 Å². The van der Waals surface area contributed by atoms with Crippen LogP contribution in [0.3, 0.4) is 0 Å². The first kappa shape index (κ1) is 26.3. The minimum absolute atomic E-state index is 0.0725. The maximum Gasteiger partial charge on any atom is 0.295 e. The number of nitrogens with zero attached hydrogens (tertiary/aromatic N) is 2. The fourth-order valence-corrected chi connectivity index (χ4v) is 4.28. The van der Waals surface area contributed by atoms with Crippen LogP contribution in [0.15, 0.2) is 48.0 Å². The molecule has 0 aliphatic carbocycles. The van der Waals surface area contributed by atoms with Crippen LogP contribution < -0.4 is 9.47 Å². The Balaban J connectivity index is 2.09. The number of hydrogen-bond acceptors (Lipinski definition) is 6. The van der Waals surface area contributed by atoms with Gasteiger partial charge in [-0.1, -0.05) is 32.0 Å². The predicted molar refractivity (Wildman–Crippen MR) is 137 cm³/mol. The van der Waals surface area contributed by atoms with E-state index in [0.717, 1.165) is 12.1 Å². The summed E-state index contributed by atoms with van der Waals surface area (Å²) >= 11 is 0. The normalized spacial score (nSPS) is 17.5. The molecule has 3 rings (SSSR count). The Labute approximate surface area is 207 Å². The van der Waals surface area contributed by atoms with Crippen LogP contribution in [-0.2, 0) is 9.59 Å². The number of amides is 1. The molecule has 1 aliphatic rings. The maximum atomic E-state index is 13.3. The van der Waals surface area contributed by atoms with Gasteiger partial charge in [0.2, 0.25) is 0 Å². The molecule has 7 nitrogen and oxygen atoms in total. The average molecular weight is 481 g/mol. The van der Waals surface area contributed by atoms with Crippen LogP contribution in [0.1, 0.15) is 43.0 Å². The fraction of sp³-hybridized carbons (Fsp3) is 0.429. The zero-order chi connectivity index (χ0) is 25.7. The van der Waals surface area contributed by atoms with Crippen molar-refractivity contribution >= 4 is 17.4 Å². The van der Waals surface area contributed by atoms with E-state index in [1.54, 1.807) is 30.2 Å². The molecule has 2 aromatic carbocycles. The Hall–Kier alpha value is -3.32. The Morgan fingerprint density at radius 1 is 1.14 bits per heavy atom. The molecule has 1 N–H and O–H groups in total. The van der Waals surface area contributed by atoms with Crippen LogP contribution in [0.25, 0.3) is 5.76 Å². The highest BCUT2D eigenvalue weighted by molar-refractivity contribution is 6.46. The second kappa shape index (κ2) is 11.4. The van der Waals surface area contributed by atoms with Gasteiger partial charge >= 0.3 is 0 Å². The van der Waals surface area contributed by atoms with Crippen LogP contribution >= 0.6 is 0 Å². The Bertz CT molecular complexity index is 1110. The predicted octanol–water partition coefficient (Wildman–Crippen LogP) is 4.41. The van der Waals surface area contributed by atoms with Gasteiger partial charge in [-0.2, -0.15) is 0 Å². The number of likely N-dealkylation sites (tertiary alicyclic amines) is 1. The summed E-state index contributed by atoms with van der Waals surface area (Å²) in [5.41, 5.74) is 1.98. The number of rotatable bonds is 10. The first-order valence-electron chi connectivity index (χ1n) is 12.0. The van der Waals surface area contributed by atoms with Crippen molar-refractivity contribution in [3.63, 3.8) is 0 Å². The SMILES string of the molecule is COc1ccccc1[C@H]1C(=C(O)c2ccc(OCC(C)C)cc2C)C(=O)C(=O)N1CCCN(C)C. The molecule has 1 saturated heterocycles. The maximum absolute atomic E-state index is 13.3. The molecule has 0 saturated carbocycles. The quantitative estimate of drug-likeness (QED) is 0.308. The van der Waals surface area contributed by atoms with E-state index >= 15 is 0 Å². The van der Waals surface area contributed by atoms with Gasteiger partial charge in [0.1, 0.15) is 17.3 Å². The molecule has 1 atom stereocenters. The standard InChI is InChI=1S/C28H36N2O5/c1-18(2)17-35-20-12-13-21(19(3)16-20)26(31)24-25(22-10-7-8-11-23(22)34-6)30(28(33)27(24)32)15-9-14-29(4)5/h7-8,10-13,16,18,25,31H,9,14-15,17H2,1-6H3/t25-/m0/s1. The summed E-state index contributed by atoms with van der Waals surface area (Å²) in [5, 5.41) is 11.4. The van der Waals surface area contributed by atoms with Crippen LogP contribution in [0.4, 0.5) is 0 Å². The largest absolute Gasteiger partial charge is 0.507 e. The van der Waals surface area contributed by atoms with E-state index < -0.39 is 17.7 Å². The molecule has 0 bridgehead atoms. The van der Waals surface area contributed by atoms with Gasteiger partial charge < -0.3 is 24.4 Å². The minimum Gasteiger partial charge on any atom is -0.507 e. The zero-order valence-electron chi connectivity index (χ0n) is 21.5. The molecular formula is C28H36N2O5. The Morgan fingerprint density at radius 3 is 2.49 bits per heavy atom. The number of para-hydroxylation sites is 1. The summed E-state index contributed by atoms with van der Waals surface area (Å²) in [6.07, 6.45) is 0.687. The number of aliphatic hydroxyl groups excluding tert-OH is 1. The third-order valence-corrected chi connectivity index (χ3v) is 6.01. The van der Waals surface area contributed by atoms with Gasteiger partial charge in [-0.3, -0.25) is 9.59 Å². The topological polar surface area (TPSA) is 79.3 Å². The lowest BCUT2D eigenvalue weighted by Crippen LogP contribution is -2.32. The molecule has 1 fully saturated rings. The monoisotopic (exact) mass is 480 g/mol. The van der Waals surface area contributed by atoms with Crippen molar-refractivity contribution in [2.45, 2.75) is 33.2 Å². The summed E-state index contributed by atoms with van der Waals surface area (Å²) in [6.45, 7) is 7.71. The molecule has 1 heterocycles. The van der Waals surface area contributed by atoms with E-state index in [-0.39, 0.29) is 11.3 Å². The van der Waals surface area contributed by atoms with E-state index in [4.69, 9.17) is 9.47 Å². The molecule has 0 radical (unpaired) electrons. The molecule has 7 heteroatoms. The molecule has 2 aromatic rings. The third-order valence-electron chi connectivity index (χ3n) is 6.01. The minimum atomic E-state index is -0.746. The van der Waals surface area contributed by atoms with E-state index in [1.807, 2.05) is 50.2 Å². The molecule has 1 aliphatic heterocycles. The molecule has 0 unspecified atom stereocenters. The molecule has 1 amide bonds. The highest BCUT2D eigenvalue weighted by Crippen LogP contribution is 2.43. The van der Waals surface area contributed by atoms with Crippen LogP contribution in [0.2, 0.25) is 0 Å². The summed E-state index contributed by atoms with van der Waals surface area (Å²) in [7, 11) is 5.48. The Kier molecular flexibility index (Phi) is 8.57. The number of ether oxygens (including phenoxy) is 2. The van der Waals surface area contributed by atoms with Gasteiger partial charge in [0, 0.05) is 17.7 Å². The van der Waals surface area contributed by atoms with Crippen LogP contribution in [0.5, 0.6) is 11.5 Å². The average Bonchev–Trinajstić information content (AvgIpc) is 3.07. The highest BCUT2D eigenvalue weighted by Gasteiger charge is 2.46. The van der Waals surface area contributed by atoms with Crippen LogP contribution in [-0.4, -0.2) is 67.5 Å². The number of carbonyl (C=O) groups is 2. The molecule has 35 heavy (non-hydrogen) atoms. The molecule has 188 valence electrons. The van der Waals surface area contributed by atoms with E-state index in [9.17, 15) is 14.7 Å². The number of ketones is 1. The summed E-state index contributed by atoms with van der Waals surface area (Å²) in [5.74, 6) is 0.128. The van der Waals surface area contributed by atoms with E-state index in [1.165, 1.54) is 0 Å². The van der Waals surface area contributed by atoms with Gasteiger partial charge in [0.25, 0.3) is 11.7 Å². The summed E-state index contributed by atoms with van der Waals surface area (Å²) in [4.78, 5) is 30.0. The number of methoxy groups -OCH3 is 1. The Morgan fingerprint density at radius 2 is 1.86 bits per heavy atom. The number of carbonyl (C=O) groups excluding carboxylic acids is 2. The van der Waals surface area contributed by atoms with Gasteiger partial charge in [0.05, 0.1) is 25.3 Å². The first-order chi connectivity index (χ1) is 16.6. The number of aryl methyl sites for hydroxylation is 1. The lowest BCUT2D eigenvalue weighted by molar-refractivity contribution is -0.140. The van der Waals surface area contributed by atoms with Crippen molar-refractivity contribution in [1.82, 2.24) is 9.80 Å². The van der Waals surface area contributed by atoms with Crippen molar-refractivity contribution in [3.8, 4) is 11.5 Å². The van der Waals surface area contributed by atoms with E-state index in [0.29, 0.717) is 48.1 Å². The van der Waals surface area contributed by atoms with E-state index in [2.05, 4.69) is 13.8 Å². The highest BCUT2D eigenvalue weighted by atomic mass is 16.5. The number of Topliss-reactive ketones (excluding diaryl/α,β-unsaturated/α-hetero) is 1. The number of benzene rings is 2. The van der Waals surface area contributed by atoms with Crippen molar-refractivity contribution in [3.05, 3.63) is 64.7 Å². The lowest BCUT2D eigenvalue weighted by Gasteiger charge is -2.27. The molecular weight excluding hydrogens is 444 g/mol. The zero-order valence-corrected chi connectivity index (χ0v) is 21.5.